The Balaban J connectivity index is 2.02. The molecule has 0 radical (unpaired) electrons. The summed E-state index contributed by atoms with van der Waals surface area (Å²) >= 11 is 5.67. The average Bonchev–Trinajstić information content (AvgIpc) is 2.37. The predicted molar refractivity (Wildman–Crippen MR) is 72.2 cm³/mol. The monoisotopic (exact) mass is 298 g/mol. The highest BCUT2D eigenvalue weighted by atomic mass is 35.5. The van der Waals surface area contributed by atoms with Crippen LogP contribution in [0.25, 0.3) is 0 Å². The summed E-state index contributed by atoms with van der Waals surface area (Å²) in [5.41, 5.74) is 0.881. The van der Waals surface area contributed by atoms with E-state index < -0.39 is 10.0 Å². The first-order valence-corrected chi connectivity index (χ1v) is 7.21. The van der Waals surface area contributed by atoms with Crippen molar-refractivity contribution in [2.75, 3.05) is 5.32 Å². The fourth-order valence-electron chi connectivity index (χ4n) is 1.38. The third kappa shape index (κ3) is 3.88. The molecule has 1 aromatic heterocycles. The predicted octanol–water partition coefficient (Wildman–Crippen LogP) is 1.39. The van der Waals surface area contributed by atoms with E-state index >= 15 is 0 Å². The first kappa shape index (κ1) is 13.7. The van der Waals surface area contributed by atoms with Crippen LogP contribution >= 0.6 is 11.6 Å². The third-order valence-corrected chi connectivity index (χ3v) is 3.45. The molecule has 2 rings (SSSR count). The van der Waals surface area contributed by atoms with E-state index in [1.54, 1.807) is 12.1 Å². The quantitative estimate of drug-likeness (QED) is 0.889. The Morgan fingerprint density at radius 2 is 1.74 bits per heavy atom. The Bertz CT molecular complexity index is 656. The summed E-state index contributed by atoms with van der Waals surface area (Å²) in [6.45, 7) is 0.465. The van der Waals surface area contributed by atoms with Gasteiger partial charge in [0.25, 0.3) is 0 Å². The molecule has 0 amide bonds. The van der Waals surface area contributed by atoms with Crippen molar-refractivity contribution in [1.82, 2.24) is 9.97 Å². The molecular weight excluding hydrogens is 288 g/mol. The van der Waals surface area contributed by atoms with Gasteiger partial charge in [0.1, 0.15) is 0 Å². The van der Waals surface area contributed by atoms with Gasteiger partial charge in [-0.15, -0.1) is 0 Å². The SMILES string of the molecule is NS(=O)(=O)c1ccc(CNc2ncc(Cl)cn2)cc1. The molecule has 19 heavy (non-hydrogen) atoms. The maximum atomic E-state index is 11.1. The Labute approximate surface area is 115 Å². The number of aromatic nitrogens is 2. The molecule has 8 heteroatoms. The molecule has 0 aliphatic rings. The fraction of sp³-hybridized carbons (Fsp3) is 0.0909. The van der Waals surface area contributed by atoms with Crippen LogP contribution in [0, 0.1) is 0 Å². The van der Waals surface area contributed by atoms with Gasteiger partial charge in [-0.1, -0.05) is 23.7 Å². The van der Waals surface area contributed by atoms with Gasteiger partial charge in [-0.2, -0.15) is 0 Å². The zero-order chi connectivity index (χ0) is 13.9. The van der Waals surface area contributed by atoms with Gasteiger partial charge >= 0.3 is 0 Å². The highest BCUT2D eigenvalue weighted by molar-refractivity contribution is 7.89. The number of primary sulfonamides is 1. The molecule has 1 aromatic carbocycles. The summed E-state index contributed by atoms with van der Waals surface area (Å²) in [5, 5.41) is 8.46. The summed E-state index contributed by atoms with van der Waals surface area (Å²) in [6, 6.07) is 6.25. The van der Waals surface area contributed by atoms with Crippen LogP contribution in [0.3, 0.4) is 0 Å². The van der Waals surface area contributed by atoms with Crippen LogP contribution in [0.2, 0.25) is 5.02 Å². The largest absolute Gasteiger partial charge is 0.350 e. The van der Waals surface area contributed by atoms with E-state index in [-0.39, 0.29) is 4.90 Å². The molecule has 0 aliphatic carbocycles. The Hall–Kier alpha value is -1.70. The number of hydrogen-bond acceptors (Lipinski definition) is 5. The number of sulfonamides is 1. The molecular formula is C11H11ClN4O2S. The van der Waals surface area contributed by atoms with E-state index in [9.17, 15) is 8.42 Å². The first-order chi connectivity index (χ1) is 8.95. The van der Waals surface area contributed by atoms with Crippen LogP contribution < -0.4 is 10.5 Å². The lowest BCUT2D eigenvalue weighted by molar-refractivity contribution is 0.598. The summed E-state index contributed by atoms with van der Waals surface area (Å²) in [4.78, 5) is 8.04. The first-order valence-electron chi connectivity index (χ1n) is 5.28. The standard InChI is InChI=1S/C11H11ClN4O2S/c12-9-6-15-11(16-7-9)14-5-8-1-3-10(4-2-8)19(13,17)18/h1-4,6-7H,5H2,(H2,13,17,18)(H,14,15,16). The highest BCUT2D eigenvalue weighted by Gasteiger charge is 2.06. The summed E-state index contributed by atoms with van der Waals surface area (Å²) in [5.74, 6) is 0.444. The number of anilines is 1. The maximum Gasteiger partial charge on any atom is 0.238 e. The van der Waals surface area contributed by atoms with E-state index in [1.807, 2.05) is 0 Å². The van der Waals surface area contributed by atoms with E-state index in [1.165, 1.54) is 24.5 Å². The van der Waals surface area contributed by atoms with Gasteiger partial charge in [0.2, 0.25) is 16.0 Å². The minimum absolute atomic E-state index is 0.0824. The minimum Gasteiger partial charge on any atom is -0.350 e. The number of benzene rings is 1. The second-order valence-corrected chi connectivity index (χ2v) is 5.77. The maximum absolute atomic E-state index is 11.1. The fourth-order valence-corrected chi connectivity index (χ4v) is 1.99. The number of nitrogens with one attached hydrogen (secondary N) is 1. The molecule has 0 aliphatic heterocycles. The van der Waals surface area contributed by atoms with E-state index in [0.29, 0.717) is 17.5 Å². The number of rotatable bonds is 4. The van der Waals surface area contributed by atoms with Gasteiger partial charge in [-0.25, -0.2) is 23.5 Å². The zero-order valence-corrected chi connectivity index (χ0v) is 11.3. The molecule has 6 nitrogen and oxygen atoms in total. The van der Waals surface area contributed by atoms with Crippen molar-refractivity contribution in [3.05, 3.63) is 47.2 Å². The minimum atomic E-state index is -3.65. The summed E-state index contributed by atoms with van der Waals surface area (Å²) in [7, 11) is -3.65. The molecule has 1 heterocycles. The third-order valence-electron chi connectivity index (χ3n) is 2.32. The molecule has 0 fully saturated rings. The molecule has 0 unspecified atom stereocenters. The van der Waals surface area contributed by atoms with Crippen molar-refractivity contribution in [2.45, 2.75) is 11.4 Å². The van der Waals surface area contributed by atoms with Crippen LogP contribution in [0.1, 0.15) is 5.56 Å². The number of hydrogen-bond donors (Lipinski definition) is 2. The Morgan fingerprint density at radius 1 is 1.16 bits per heavy atom. The normalized spacial score (nSPS) is 11.3. The lowest BCUT2D eigenvalue weighted by Crippen LogP contribution is -2.12. The van der Waals surface area contributed by atoms with Gasteiger partial charge < -0.3 is 5.32 Å². The summed E-state index contributed by atoms with van der Waals surface area (Å²) < 4.78 is 22.2. The number of halogens is 1. The van der Waals surface area contributed by atoms with Crippen LogP contribution in [0.5, 0.6) is 0 Å². The van der Waals surface area contributed by atoms with Gasteiger partial charge in [0.05, 0.1) is 22.3 Å². The van der Waals surface area contributed by atoms with Crippen molar-refractivity contribution >= 4 is 27.6 Å². The molecule has 0 spiro atoms. The molecule has 0 saturated carbocycles. The lowest BCUT2D eigenvalue weighted by Gasteiger charge is -2.05. The molecule has 0 atom stereocenters. The van der Waals surface area contributed by atoms with Gasteiger partial charge in [0.15, 0.2) is 0 Å². The second kappa shape index (κ2) is 5.52. The van der Waals surface area contributed by atoms with Gasteiger partial charge in [0, 0.05) is 6.54 Å². The molecule has 2 aromatic rings. The van der Waals surface area contributed by atoms with Crippen molar-refractivity contribution in [1.29, 1.82) is 0 Å². The average molecular weight is 299 g/mol. The van der Waals surface area contributed by atoms with Crippen LogP contribution in [0.15, 0.2) is 41.6 Å². The van der Waals surface area contributed by atoms with E-state index in [0.717, 1.165) is 5.56 Å². The second-order valence-electron chi connectivity index (χ2n) is 3.77. The topological polar surface area (TPSA) is 98.0 Å². The zero-order valence-electron chi connectivity index (χ0n) is 9.75. The van der Waals surface area contributed by atoms with E-state index in [2.05, 4.69) is 15.3 Å². The van der Waals surface area contributed by atoms with Crippen molar-refractivity contribution < 1.29 is 8.42 Å². The van der Waals surface area contributed by atoms with Crippen LogP contribution in [0.4, 0.5) is 5.95 Å². The Kier molecular flexibility index (Phi) is 3.98. The highest BCUT2D eigenvalue weighted by Crippen LogP contribution is 2.10. The smallest absolute Gasteiger partial charge is 0.238 e. The molecule has 0 bridgehead atoms. The number of nitrogens with zero attached hydrogens (tertiary/aromatic N) is 2. The van der Waals surface area contributed by atoms with Gasteiger partial charge in [-0.05, 0) is 17.7 Å². The van der Waals surface area contributed by atoms with Crippen molar-refractivity contribution in [2.24, 2.45) is 5.14 Å². The van der Waals surface area contributed by atoms with Crippen LogP contribution in [-0.2, 0) is 16.6 Å². The summed E-state index contributed by atoms with van der Waals surface area (Å²) in [6.07, 6.45) is 2.97. The van der Waals surface area contributed by atoms with Crippen molar-refractivity contribution in [3.63, 3.8) is 0 Å². The Morgan fingerprint density at radius 3 is 2.26 bits per heavy atom. The van der Waals surface area contributed by atoms with Crippen LogP contribution in [-0.4, -0.2) is 18.4 Å². The van der Waals surface area contributed by atoms with Crippen molar-refractivity contribution in [3.8, 4) is 0 Å². The molecule has 3 N–H and O–H groups in total. The molecule has 100 valence electrons. The van der Waals surface area contributed by atoms with Gasteiger partial charge in [-0.3, -0.25) is 0 Å². The van der Waals surface area contributed by atoms with E-state index in [4.69, 9.17) is 16.7 Å². The lowest BCUT2D eigenvalue weighted by atomic mass is 10.2. The molecule has 0 saturated heterocycles. The number of nitrogens with two attached hydrogens (primary N) is 1.